The number of hydrogen-bond acceptors (Lipinski definition) is 4. The average Bonchev–Trinajstić information content (AvgIpc) is 2.38. The topological polar surface area (TPSA) is 75.7 Å². The molecule has 0 spiro atoms. The molecule has 0 aromatic carbocycles. The van der Waals surface area contributed by atoms with Crippen molar-refractivity contribution in [2.75, 3.05) is 0 Å². The first kappa shape index (κ1) is 6.60. The van der Waals surface area contributed by atoms with Crippen LogP contribution in [0.3, 0.4) is 0 Å². The molecule has 52 valence electrons. The highest BCUT2D eigenvalue weighted by Gasteiger charge is 2.05. The van der Waals surface area contributed by atoms with E-state index < -0.39 is 0 Å². The summed E-state index contributed by atoms with van der Waals surface area (Å²) in [7, 11) is 0. The van der Waals surface area contributed by atoms with Gasteiger partial charge in [-0.25, -0.2) is 4.98 Å². The van der Waals surface area contributed by atoms with Gasteiger partial charge >= 0.3 is 0 Å². The molecule has 1 aromatic heterocycles. The number of carbonyl (C=O) groups is 2. The SMILES string of the molecule is O=CCC(=O)c1ncn[nH]1. The molecular formula is C5H5N3O2. The molecule has 0 bridgehead atoms. The number of carbonyl (C=O) groups excluding carboxylic acids is 2. The van der Waals surface area contributed by atoms with Gasteiger partial charge in [0.25, 0.3) is 0 Å². The van der Waals surface area contributed by atoms with E-state index in [-0.39, 0.29) is 18.0 Å². The minimum atomic E-state index is -0.340. The van der Waals surface area contributed by atoms with Crippen molar-refractivity contribution in [3.63, 3.8) is 0 Å². The second kappa shape index (κ2) is 2.86. The third-order valence-electron chi connectivity index (χ3n) is 0.948. The Morgan fingerprint density at radius 3 is 3.10 bits per heavy atom. The summed E-state index contributed by atoms with van der Waals surface area (Å²) >= 11 is 0. The summed E-state index contributed by atoms with van der Waals surface area (Å²) in [4.78, 5) is 24.1. The van der Waals surface area contributed by atoms with E-state index in [0.717, 1.165) is 0 Å². The third-order valence-corrected chi connectivity index (χ3v) is 0.948. The largest absolute Gasteiger partial charge is 0.303 e. The molecular weight excluding hydrogens is 134 g/mol. The van der Waals surface area contributed by atoms with Crippen LogP contribution in [-0.2, 0) is 4.79 Å². The smallest absolute Gasteiger partial charge is 0.206 e. The van der Waals surface area contributed by atoms with Gasteiger partial charge < -0.3 is 4.79 Å². The number of rotatable bonds is 3. The molecule has 0 unspecified atom stereocenters. The van der Waals surface area contributed by atoms with Gasteiger partial charge in [-0.15, -0.1) is 0 Å². The van der Waals surface area contributed by atoms with Crippen LogP contribution in [0, 0.1) is 0 Å². The third kappa shape index (κ3) is 1.25. The van der Waals surface area contributed by atoms with Crippen LogP contribution in [0.15, 0.2) is 6.33 Å². The van der Waals surface area contributed by atoms with Crippen LogP contribution in [0.1, 0.15) is 17.0 Å². The van der Waals surface area contributed by atoms with Crippen molar-refractivity contribution in [3.8, 4) is 0 Å². The molecule has 0 radical (unpaired) electrons. The van der Waals surface area contributed by atoms with Crippen LogP contribution < -0.4 is 0 Å². The molecule has 0 fully saturated rings. The van der Waals surface area contributed by atoms with E-state index in [2.05, 4.69) is 15.2 Å². The molecule has 1 N–H and O–H groups in total. The van der Waals surface area contributed by atoms with Gasteiger partial charge in [0.1, 0.15) is 12.6 Å². The lowest BCUT2D eigenvalue weighted by Crippen LogP contribution is -2.01. The Hall–Kier alpha value is -1.52. The maximum Gasteiger partial charge on any atom is 0.206 e. The number of hydrogen-bond donors (Lipinski definition) is 1. The number of aromatic amines is 1. The summed E-state index contributed by atoms with van der Waals surface area (Å²) in [5, 5.41) is 5.80. The van der Waals surface area contributed by atoms with E-state index in [9.17, 15) is 9.59 Å². The summed E-state index contributed by atoms with van der Waals surface area (Å²) < 4.78 is 0. The lowest BCUT2D eigenvalue weighted by atomic mass is 10.3. The normalized spacial score (nSPS) is 9.20. The summed E-state index contributed by atoms with van der Waals surface area (Å²) in [5.41, 5.74) is 0. The first-order valence-corrected chi connectivity index (χ1v) is 2.67. The van der Waals surface area contributed by atoms with Crippen molar-refractivity contribution in [2.45, 2.75) is 6.42 Å². The van der Waals surface area contributed by atoms with E-state index in [4.69, 9.17) is 0 Å². The highest BCUT2D eigenvalue weighted by Crippen LogP contribution is 1.89. The zero-order valence-electron chi connectivity index (χ0n) is 5.07. The molecule has 0 amide bonds. The summed E-state index contributed by atoms with van der Waals surface area (Å²) in [6.07, 6.45) is 1.61. The molecule has 1 heterocycles. The summed E-state index contributed by atoms with van der Waals surface area (Å²) in [5.74, 6) is -0.209. The highest BCUT2D eigenvalue weighted by molar-refractivity contribution is 5.99. The Balaban J connectivity index is 2.68. The fourth-order valence-corrected chi connectivity index (χ4v) is 0.512. The number of nitrogens with one attached hydrogen (secondary N) is 1. The quantitative estimate of drug-likeness (QED) is 0.350. The second-order valence-corrected chi connectivity index (χ2v) is 1.63. The van der Waals surface area contributed by atoms with Crippen LogP contribution >= 0.6 is 0 Å². The van der Waals surface area contributed by atoms with Crippen molar-refractivity contribution < 1.29 is 9.59 Å². The monoisotopic (exact) mass is 139 g/mol. The number of ketones is 1. The van der Waals surface area contributed by atoms with E-state index in [1.807, 2.05) is 0 Å². The van der Waals surface area contributed by atoms with Gasteiger partial charge in [0.15, 0.2) is 5.82 Å². The van der Waals surface area contributed by atoms with Gasteiger partial charge in [0.05, 0.1) is 6.42 Å². The first-order chi connectivity index (χ1) is 4.84. The lowest BCUT2D eigenvalue weighted by molar-refractivity contribution is -0.107. The minimum absolute atomic E-state index is 0.132. The Morgan fingerprint density at radius 1 is 1.80 bits per heavy atom. The van der Waals surface area contributed by atoms with Crippen LogP contribution in [-0.4, -0.2) is 27.3 Å². The van der Waals surface area contributed by atoms with Crippen molar-refractivity contribution in [1.29, 1.82) is 0 Å². The minimum Gasteiger partial charge on any atom is -0.303 e. The van der Waals surface area contributed by atoms with Gasteiger partial charge in [-0.3, -0.25) is 9.89 Å². The molecule has 5 nitrogen and oxygen atoms in total. The zero-order valence-corrected chi connectivity index (χ0v) is 5.07. The van der Waals surface area contributed by atoms with Gasteiger partial charge in [0.2, 0.25) is 5.78 Å². The second-order valence-electron chi connectivity index (χ2n) is 1.63. The lowest BCUT2D eigenvalue weighted by Gasteiger charge is -1.84. The highest BCUT2D eigenvalue weighted by atomic mass is 16.1. The summed E-state index contributed by atoms with van der Waals surface area (Å²) in [6, 6.07) is 0. The maximum atomic E-state index is 10.7. The maximum absolute atomic E-state index is 10.7. The fourth-order valence-electron chi connectivity index (χ4n) is 0.512. The molecule has 0 aliphatic carbocycles. The average molecular weight is 139 g/mol. The molecule has 0 aliphatic rings. The number of aromatic nitrogens is 3. The molecule has 10 heavy (non-hydrogen) atoms. The van der Waals surface area contributed by atoms with E-state index in [1.54, 1.807) is 0 Å². The number of nitrogens with zero attached hydrogens (tertiary/aromatic N) is 2. The van der Waals surface area contributed by atoms with Gasteiger partial charge in [0, 0.05) is 0 Å². The molecule has 1 aromatic rings. The Morgan fingerprint density at radius 2 is 2.60 bits per heavy atom. The fraction of sp³-hybridized carbons (Fsp3) is 0.200. The zero-order chi connectivity index (χ0) is 7.40. The predicted octanol–water partition coefficient (Wildman–Crippen LogP) is -0.424. The van der Waals surface area contributed by atoms with Crippen molar-refractivity contribution in [2.24, 2.45) is 0 Å². The summed E-state index contributed by atoms with van der Waals surface area (Å²) in [6.45, 7) is 0. The molecule has 0 atom stereocenters. The first-order valence-electron chi connectivity index (χ1n) is 2.67. The Bertz CT molecular complexity index is 229. The van der Waals surface area contributed by atoms with Crippen molar-refractivity contribution >= 4 is 12.1 Å². The molecule has 0 aliphatic heterocycles. The van der Waals surface area contributed by atoms with Gasteiger partial charge in [-0.05, 0) is 0 Å². The van der Waals surface area contributed by atoms with Crippen LogP contribution in [0.2, 0.25) is 0 Å². The van der Waals surface area contributed by atoms with E-state index in [0.29, 0.717) is 6.29 Å². The van der Waals surface area contributed by atoms with E-state index in [1.165, 1.54) is 6.33 Å². The van der Waals surface area contributed by atoms with Crippen molar-refractivity contribution in [1.82, 2.24) is 15.2 Å². The predicted molar refractivity (Wildman–Crippen MR) is 31.4 cm³/mol. The Labute approximate surface area is 56.5 Å². The van der Waals surface area contributed by atoms with Gasteiger partial charge in [-0.1, -0.05) is 0 Å². The number of aldehydes is 1. The molecule has 0 saturated carbocycles. The van der Waals surface area contributed by atoms with Crippen molar-refractivity contribution in [3.05, 3.63) is 12.2 Å². The molecule has 1 rings (SSSR count). The van der Waals surface area contributed by atoms with Crippen LogP contribution in [0.5, 0.6) is 0 Å². The van der Waals surface area contributed by atoms with Gasteiger partial charge in [-0.2, -0.15) is 5.10 Å². The van der Waals surface area contributed by atoms with Crippen LogP contribution in [0.4, 0.5) is 0 Å². The number of Topliss-reactive ketones (excluding diaryl/α,β-unsaturated/α-hetero) is 1. The Kier molecular flexibility index (Phi) is 1.89. The van der Waals surface area contributed by atoms with E-state index >= 15 is 0 Å². The number of H-pyrrole nitrogens is 1. The standard InChI is InChI=1S/C5H5N3O2/c9-2-1-4(10)5-6-3-7-8-5/h2-3H,1H2,(H,6,7,8). The molecule has 0 saturated heterocycles. The molecule has 5 heteroatoms. The van der Waals surface area contributed by atoms with Crippen LogP contribution in [0.25, 0.3) is 0 Å².